The molecule has 0 bridgehead atoms. The number of hydrogen-bond donors (Lipinski definition) is 2. The molecule has 0 aliphatic carbocycles. The van der Waals surface area contributed by atoms with Crippen LogP contribution < -0.4 is 0 Å². The summed E-state index contributed by atoms with van der Waals surface area (Å²) >= 11 is 0. The van der Waals surface area contributed by atoms with Gasteiger partial charge >= 0.3 is 11.9 Å². The summed E-state index contributed by atoms with van der Waals surface area (Å²) in [6.45, 7) is 6.34. The highest BCUT2D eigenvalue weighted by Crippen LogP contribution is 2.19. The van der Waals surface area contributed by atoms with Crippen molar-refractivity contribution in [2.45, 2.75) is 174 Å². The molecule has 0 aromatic carbocycles. The maximum Gasteiger partial charge on any atom is 0.306 e. The lowest BCUT2D eigenvalue weighted by molar-refractivity contribution is -0.142. The number of unbranched alkanes of at least 4 members (excludes halogenated alkanes) is 15. The van der Waals surface area contributed by atoms with Gasteiger partial charge in [-0.05, 0) is 44.9 Å². The van der Waals surface area contributed by atoms with Crippen molar-refractivity contribution in [1.29, 1.82) is 0 Å². The van der Waals surface area contributed by atoms with Crippen LogP contribution in [0.2, 0.25) is 0 Å². The van der Waals surface area contributed by atoms with Gasteiger partial charge in [0.1, 0.15) is 24.8 Å². The molecule has 0 aromatic rings. The Morgan fingerprint density at radius 3 is 1.41 bits per heavy atom. The van der Waals surface area contributed by atoms with Crippen LogP contribution in [0.3, 0.4) is 0 Å². The first-order chi connectivity index (χ1) is 27.9. The number of carboxylic acid groups (broad SMARTS) is 2. The van der Waals surface area contributed by atoms with E-state index in [1.54, 1.807) is 7.05 Å². The number of aliphatic carboxylic acids is 2. The van der Waals surface area contributed by atoms with Gasteiger partial charge in [-0.3, -0.25) is 28.8 Å². The van der Waals surface area contributed by atoms with Crippen LogP contribution in [0.15, 0.2) is 0 Å². The molecule has 13 heteroatoms. The molecule has 13 nitrogen and oxygen atoms in total. The molecule has 0 saturated heterocycles. The average Bonchev–Trinajstić information content (AvgIpc) is 3.18. The average molecular weight is 828 g/mol. The first-order valence-corrected chi connectivity index (χ1v) is 22.5. The van der Waals surface area contributed by atoms with Crippen molar-refractivity contribution < 1.29 is 57.9 Å². The minimum atomic E-state index is -0.900. The number of carbonyl (C=O) groups excluding carboxylic acids is 4. The molecular weight excluding hydrogens is 746 g/mol. The maximum absolute atomic E-state index is 12.4. The second kappa shape index (κ2) is 39.7. The van der Waals surface area contributed by atoms with Gasteiger partial charge in [0.2, 0.25) is 5.91 Å². The third-order valence-electron chi connectivity index (χ3n) is 10.3. The van der Waals surface area contributed by atoms with Gasteiger partial charge in [0, 0.05) is 58.2 Å². The zero-order valence-electron chi connectivity index (χ0n) is 36.6. The van der Waals surface area contributed by atoms with E-state index in [9.17, 15) is 33.9 Å². The van der Waals surface area contributed by atoms with Crippen LogP contribution in [-0.4, -0.2) is 117 Å². The maximum atomic E-state index is 12.4. The van der Waals surface area contributed by atoms with Gasteiger partial charge in [-0.15, -0.1) is 0 Å². The summed E-state index contributed by atoms with van der Waals surface area (Å²) < 4.78 is 21.7. The molecule has 0 rings (SSSR count). The molecule has 0 fully saturated rings. The topological polar surface area (TPSA) is 183 Å². The van der Waals surface area contributed by atoms with Gasteiger partial charge in [0.15, 0.2) is 5.78 Å². The van der Waals surface area contributed by atoms with Crippen LogP contribution in [0.4, 0.5) is 0 Å². The summed E-state index contributed by atoms with van der Waals surface area (Å²) in [5.41, 5.74) is 0. The standard InChI is InChI=1S/C45H81NO12/c1-38(2)42(49)36-57-34-33-56-31-29-46(3)43(50)37-58-35-32-55-30-20-16-18-24-41(48)28-27-39(45(53)54)22-21-25-40(47)23-17-14-12-10-8-6-4-5-7-9-11-13-15-19-26-44(51)52/h38-39H,4-37H2,1-3H3,(H,51,52)(H,53,54)/t39-/m0/s1. The van der Waals surface area contributed by atoms with Crippen LogP contribution >= 0.6 is 0 Å². The van der Waals surface area contributed by atoms with Crippen molar-refractivity contribution in [3.63, 3.8) is 0 Å². The van der Waals surface area contributed by atoms with Crippen LogP contribution in [0.5, 0.6) is 0 Å². The molecule has 0 saturated carbocycles. The summed E-state index contributed by atoms with van der Waals surface area (Å²) in [5, 5.41) is 18.3. The number of likely N-dealkylation sites (N-methyl/N-ethyl adjacent to an activating group) is 1. The summed E-state index contributed by atoms with van der Waals surface area (Å²) in [6, 6.07) is 0. The third-order valence-corrected chi connectivity index (χ3v) is 10.3. The minimum absolute atomic E-state index is 0.0463. The van der Waals surface area contributed by atoms with Crippen LogP contribution in [-0.2, 0) is 47.7 Å². The first kappa shape index (κ1) is 55.3. The Hall–Kier alpha value is -2.74. The second-order valence-corrected chi connectivity index (χ2v) is 16.0. The minimum Gasteiger partial charge on any atom is -0.481 e. The van der Waals surface area contributed by atoms with E-state index in [-0.39, 0.29) is 55.2 Å². The highest BCUT2D eigenvalue weighted by Gasteiger charge is 2.19. The first-order valence-electron chi connectivity index (χ1n) is 22.5. The van der Waals surface area contributed by atoms with Crippen LogP contribution in [0.1, 0.15) is 174 Å². The zero-order chi connectivity index (χ0) is 43.1. The third kappa shape index (κ3) is 37.5. The fourth-order valence-corrected chi connectivity index (χ4v) is 6.32. The van der Waals surface area contributed by atoms with Crippen molar-refractivity contribution in [3.8, 4) is 0 Å². The summed E-state index contributed by atoms with van der Waals surface area (Å²) in [6.07, 6.45) is 21.5. The number of ether oxygens (including phenoxy) is 4. The Labute approximate surface area is 350 Å². The van der Waals surface area contributed by atoms with Gasteiger partial charge in [-0.1, -0.05) is 97.3 Å². The molecule has 2 N–H and O–H groups in total. The second-order valence-electron chi connectivity index (χ2n) is 16.0. The van der Waals surface area contributed by atoms with Crippen molar-refractivity contribution >= 4 is 35.2 Å². The molecule has 58 heavy (non-hydrogen) atoms. The molecule has 0 heterocycles. The number of carboxylic acids is 2. The number of ketones is 3. The molecule has 0 radical (unpaired) electrons. The van der Waals surface area contributed by atoms with E-state index in [0.29, 0.717) is 84.7 Å². The fourth-order valence-electron chi connectivity index (χ4n) is 6.32. The number of nitrogens with zero attached hydrogens (tertiary/aromatic N) is 1. The monoisotopic (exact) mass is 828 g/mol. The van der Waals surface area contributed by atoms with Crippen molar-refractivity contribution in [2.24, 2.45) is 11.8 Å². The van der Waals surface area contributed by atoms with E-state index in [1.807, 2.05) is 13.8 Å². The van der Waals surface area contributed by atoms with Crippen molar-refractivity contribution in [1.82, 2.24) is 4.90 Å². The molecular formula is C45H81NO12. The van der Waals surface area contributed by atoms with E-state index in [0.717, 1.165) is 57.8 Å². The Kier molecular flexibility index (Phi) is 37.8. The molecule has 0 spiro atoms. The summed E-state index contributed by atoms with van der Waals surface area (Å²) in [4.78, 5) is 72.2. The van der Waals surface area contributed by atoms with Crippen molar-refractivity contribution in [3.05, 3.63) is 0 Å². The lowest BCUT2D eigenvalue weighted by Crippen LogP contribution is -2.33. The van der Waals surface area contributed by atoms with E-state index in [4.69, 9.17) is 24.1 Å². The quantitative estimate of drug-likeness (QED) is 0.0560. The fraction of sp³-hybridized carbons (Fsp3) is 0.867. The van der Waals surface area contributed by atoms with E-state index < -0.39 is 17.9 Å². The largest absolute Gasteiger partial charge is 0.481 e. The van der Waals surface area contributed by atoms with E-state index >= 15 is 0 Å². The number of hydrogen-bond acceptors (Lipinski definition) is 10. The van der Waals surface area contributed by atoms with E-state index in [2.05, 4.69) is 0 Å². The molecule has 338 valence electrons. The predicted molar refractivity (Wildman–Crippen MR) is 225 cm³/mol. The number of rotatable bonds is 45. The molecule has 0 aliphatic rings. The molecule has 0 unspecified atom stereocenters. The van der Waals surface area contributed by atoms with Crippen LogP contribution in [0.25, 0.3) is 0 Å². The zero-order valence-corrected chi connectivity index (χ0v) is 36.6. The number of carbonyl (C=O) groups is 6. The lowest BCUT2D eigenvalue weighted by atomic mass is 9.93. The summed E-state index contributed by atoms with van der Waals surface area (Å²) in [5.74, 6) is -2.08. The van der Waals surface area contributed by atoms with Gasteiger partial charge in [-0.2, -0.15) is 0 Å². The highest BCUT2D eigenvalue weighted by atomic mass is 16.5. The van der Waals surface area contributed by atoms with Gasteiger partial charge in [0.25, 0.3) is 0 Å². The Morgan fingerprint density at radius 2 is 0.897 bits per heavy atom. The van der Waals surface area contributed by atoms with Gasteiger partial charge in [-0.25, -0.2) is 0 Å². The Morgan fingerprint density at radius 1 is 0.466 bits per heavy atom. The molecule has 0 aromatic heterocycles. The highest BCUT2D eigenvalue weighted by molar-refractivity contribution is 5.81. The molecule has 1 atom stereocenters. The van der Waals surface area contributed by atoms with Gasteiger partial charge in [0.05, 0.1) is 39.0 Å². The molecule has 1 amide bonds. The van der Waals surface area contributed by atoms with E-state index in [1.165, 1.54) is 56.3 Å². The smallest absolute Gasteiger partial charge is 0.306 e. The van der Waals surface area contributed by atoms with Gasteiger partial charge < -0.3 is 34.1 Å². The summed E-state index contributed by atoms with van der Waals surface area (Å²) in [7, 11) is 1.68. The molecule has 0 aliphatic heterocycles. The predicted octanol–water partition coefficient (Wildman–Crippen LogP) is 8.41. The van der Waals surface area contributed by atoms with Crippen LogP contribution in [0, 0.1) is 11.8 Å². The normalized spacial score (nSPS) is 11.9. The number of amides is 1. The SMILES string of the molecule is CC(C)C(=O)COCCOCCN(C)C(=O)COCCOCCCCCC(=O)CC[C@H](CCCC(=O)CCCCCCCCCCCCCCCCC(=O)O)C(=O)O. The lowest BCUT2D eigenvalue weighted by Gasteiger charge is -2.17. The number of Topliss-reactive ketones (excluding diaryl/α,β-unsaturated/α-hetero) is 3. The Balaban J connectivity index is 3.67. The van der Waals surface area contributed by atoms with Crippen molar-refractivity contribution in [2.75, 3.05) is 66.4 Å². The Bertz CT molecular complexity index is 1080.